The smallest absolute Gasteiger partial charge is 0.254 e. The van der Waals surface area contributed by atoms with Crippen LogP contribution in [0.2, 0.25) is 0 Å². The standard InChI is InChI=1S/C25H28N8O3/c34-21-15-17(23(35)28-21)14-18-16-26-33-22(18)29-24(30-25(33)27-19-4-2-1-3-5-19)32-8-6-20(7-9-32)31-10-12-36-13-11-31/h1-5,14,16,20H,6-13,15H2,(H,27,29,30)(H,28,34,35). The fraction of sp³-hybridized carbons (Fsp3) is 0.400. The molecule has 11 nitrogen and oxygen atoms in total. The molecular formula is C25H28N8O3. The lowest BCUT2D eigenvalue weighted by atomic mass is 10.0. The summed E-state index contributed by atoms with van der Waals surface area (Å²) in [5.41, 5.74) is 2.52. The van der Waals surface area contributed by atoms with Gasteiger partial charge in [-0.25, -0.2) is 0 Å². The molecule has 2 aromatic heterocycles. The molecule has 3 aromatic rings. The summed E-state index contributed by atoms with van der Waals surface area (Å²) in [4.78, 5) is 38.3. The molecule has 3 aliphatic rings. The Bertz CT molecular complexity index is 1310. The van der Waals surface area contributed by atoms with Crippen LogP contribution >= 0.6 is 0 Å². The van der Waals surface area contributed by atoms with Gasteiger partial charge in [0.05, 0.1) is 25.8 Å². The van der Waals surface area contributed by atoms with Gasteiger partial charge < -0.3 is 15.0 Å². The Balaban J connectivity index is 1.32. The van der Waals surface area contributed by atoms with Crippen molar-refractivity contribution < 1.29 is 14.3 Å². The van der Waals surface area contributed by atoms with Gasteiger partial charge in [-0.05, 0) is 31.1 Å². The molecule has 0 aliphatic carbocycles. The SMILES string of the molecule is O=C1CC(=Cc2cnn3c(Nc4ccccc4)nc(N4CCC(N5CCOCC5)CC4)nc23)C(=O)N1. The van der Waals surface area contributed by atoms with E-state index in [-0.39, 0.29) is 18.2 Å². The second kappa shape index (κ2) is 9.67. The van der Waals surface area contributed by atoms with Gasteiger partial charge in [0.25, 0.3) is 5.91 Å². The highest BCUT2D eigenvalue weighted by Gasteiger charge is 2.28. The van der Waals surface area contributed by atoms with E-state index >= 15 is 0 Å². The maximum absolute atomic E-state index is 12.1. The molecule has 3 aliphatic heterocycles. The fourth-order valence-electron chi connectivity index (χ4n) is 5.04. The maximum atomic E-state index is 12.1. The van der Waals surface area contributed by atoms with Gasteiger partial charge in [-0.3, -0.25) is 19.8 Å². The number of rotatable bonds is 5. The number of hydrogen-bond donors (Lipinski definition) is 2. The molecule has 1 aromatic carbocycles. The first kappa shape index (κ1) is 22.6. The van der Waals surface area contributed by atoms with Crippen molar-refractivity contribution in [2.75, 3.05) is 49.6 Å². The average molecular weight is 489 g/mol. The van der Waals surface area contributed by atoms with Crippen LogP contribution < -0.4 is 15.5 Å². The van der Waals surface area contributed by atoms with Gasteiger partial charge in [-0.1, -0.05) is 18.2 Å². The molecule has 0 radical (unpaired) electrons. The molecule has 0 atom stereocenters. The summed E-state index contributed by atoms with van der Waals surface area (Å²) in [5, 5.41) is 10.2. The van der Waals surface area contributed by atoms with Crippen LogP contribution in [0.4, 0.5) is 17.6 Å². The number of anilines is 3. The van der Waals surface area contributed by atoms with Crippen molar-refractivity contribution in [3.8, 4) is 0 Å². The van der Waals surface area contributed by atoms with E-state index in [9.17, 15) is 9.59 Å². The van der Waals surface area contributed by atoms with E-state index < -0.39 is 0 Å². The van der Waals surface area contributed by atoms with Gasteiger partial charge in [0.15, 0.2) is 5.65 Å². The lowest BCUT2D eigenvalue weighted by Crippen LogP contribution is -2.49. The summed E-state index contributed by atoms with van der Waals surface area (Å²) < 4.78 is 7.15. The van der Waals surface area contributed by atoms with Crippen LogP contribution in [0.25, 0.3) is 11.7 Å². The van der Waals surface area contributed by atoms with Gasteiger partial charge in [0, 0.05) is 49.0 Å². The number of piperidine rings is 1. The largest absolute Gasteiger partial charge is 0.379 e. The second-order valence-electron chi connectivity index (χ2n) is 9.26. The van der Waals surface area contributed by atoms with E-state index in [2.05, 4.69) is 25.5 Å². The van der Waals surface area contributed by atoms with Crippen molar-refractivity contribution >= 4 is 41.1 Å². The van der Waals surface area contributed by atoms with Crippen LogP contribution in [0.5, 0.6) is 0 Å². The molecule has 6 rings (SSSR count). The summed E-state index contributed by atoms with van der Waals surface area (Å²) in [5.74, 6) is 0.482. The van der Waals surface area contributed by atoms with Crippen LogP contribution in [0, 0.1) is 0 Å². The molecule has 0 spiro atoms. The van der Waals surface area contributed by atoms with E-state index in [4.69, 9.17) is 14.7 Å². The summed E-state index contributed by atoms with van der Waals surface area (Å²) in [6.45, 7) is 5.29. The molecule has 0 bridgehead atoms. The first-order valence-electron chi connectivity index (χ1n) is 12.3. The molecule has 2 amide bonds. The van der Waals surface area contributed by atoms with E-state index in [0.29, 0.717) is 34.7 Å². The molecule has 11 heteroatoms. The zero-order valence-corrected chi connectivity index (χ0v) is 19.9. The quantitative estimate of drug-likeness (QED) is 0.408. The lowest BCUT2D eigenvalue weighted by Gasteiger charge is -2.40. The van der Waals surface area contributed by atoms with E-state index in [1.165, 1.54) is 0 Å². The van der Waals surface area contributed by atoms with Crippen LogP contribution in [0.15, 0.2) is 42.1 Å². The Morgan fingerprint density at radius 3 is 2.53 bits per heavy atom. The molecule has 3 fully saturated rings. The lowest BCUT2D eigenvalue weighted by molar-refractivity contribution is -0.124. The number of nitrogens with one attached hydrogen (secondary N) is 2. The third-order valence-electron chi connectivity index (χ3n) is 6.95. The number of carbonyl (C=O) groups excluding carboxylic acids is 2. The zero-order chi connectivity index (χ0) is 24.5. The van der Waals surface area contributed by atoms with E-state index in [0.717, 1.165) is 57.9 Å². The number of nitrogens with zero attached hydrogens (tertiary/aromatic N) is 6. The number of aromatic nitrogens is 4. The highest BCUT2D eigenvalue weighted by molar-refractivity contribution is 6.15. The predicted molar refractivity (Wildman–Crippen MR) is 134 cm³/mol. The Kier molecular flexibility index (Phi) is 6.08. The Labute approximate surface area is 208 Å². The van der Waals surface area contributed by atoms with E-state index in [1.807, 2.05) is 30.3 Å². The number of benzene rings is 1. The third kappa shape index (κ3) is 4.54. The Morgan fingerprint density at radius 2 is 1.81 bits per heavy atom. The first-order chi connectivity index (χ1) is 17.6. The topological polar surface area (TPSA) is 117 Å². The number of morpholine rings is 1. The monoisotopic (exact) mass is 488 g/mol. The number of ether oxygens (including phenoxy) is 1. The van der Waals surface area contributed by atoms with Crippen molar-refractivity contribution in [2.45, 2.75) is 25.3 Å². The summed E-state index contributed by atoms with van der Waals surface area (Å²) in [6.07, 6.45) is 5.47. The number of amides is 2. The van der Waals surface area contributed by atoms with Crippen LogP contribution in [0.3, 0.4) is 0 Å². The van der Waals surface area contributed by atoms with Crippen molar-refractivity contribution in [3.63, 3.8) is 0 Å². The third-order valence-corrected chi connectivity index (χ3v) is 6.95. The van der Waals surface area contributed by atoms with Gasteiger partial charge in [-0.15, -0.1) is 0 Å². The van der Waals surface area contributed by atoms with Gasteiger partial charge >= 0.3 is 0 Å². The predicted octanol–water partition coefficient (Wildman–Crippen LogP) is 1.60. The Morgan fingerprint density at radius 1 is 1.03 bits per heavy atom. The summed E-state index contributed by atoms with van der Waals surface area (Å²) in [6, 6.07) is 10.3. The number of fused-ring (bicyclic) bond motifs is 1. The first-order valence-corrected chi connectivity index (χ1v) is 12.3. The van der Waals surface area contributed by atoms with Crippen LogP contribution in [-0.2, 0) is 14.3 Å². The van der Waals surface area contributed by atoms with Crippen molar-refractivity contribution in [1.29, 1.82) is 0 Å². The van der Waals surface area contributed by atoms with Gasteiger partial charge in [0.1, 0.15) is 0 Å². The normalized spacial score (nSPS) is 20.9. The molecule has 36 heavy (non-hydrogen) atoms. The second-order valence-corrected chi connectivity index (χ2v) is 9.26. The molecule has 2 N–H and O–H groups in total. The Hall–Kier alpha value is -3.83. The minimum absolute atomic E-state index is 0.0539. The highest BCUT2D eigenvalue weighted by atomic mass is 16.5. The van der Waals surface area contributed by atoms with Crippen LogP contribution in [0.1, 0.15) is 24.8 Å². The highest BCUT2D eigenvalue weighted by Crippen LogP contribution is 2.26. The number of para-hydroxylation sites is 1. The minimum atomic E-state index is -0.374. The number of imide groups is 1. The summed E-state index contributed by atoms with van der Waals surface area (Å²) in [7, 11) is 0. The average Bonchev–Trinajstić information content (AvgIpc) is 3.47. The number of hydrogen-bond acceptors (Lipinski definition) is 9. The van der Waals surface area contributed by atoms with Crippen molar-refractivity contribution in [2.24, 2.45) is 0 Å². The molecular weight excluding hydrogens is 460 g/mol. The maximum Gasteiger partial charge on any atom is 0.254 e. The molecule has 5 heterocycles. The van der Waals surface area contributed by atoms with Gasteiger partial charge in [0.2, 0.25) is 17.8 Å². The molecule has 3 saturated heterocycles. The minimum Gasteiger partial charge on any atom is -0.379 e. The zero-order valence-electron chi connectivity index (χ0n) is 19.9. The molecule has 0 saturated carbocycles. The summed E-state index contributed by atoms with van der Waals surface area (Å²) >= 11 is 0. The van der Waals surface area contributed by atoms with E-state index in [1.54, 1.807) is 16.8 Å². The fourth-order valence-corrected chi connectivity index (χ4v) is 5.04. The molecule has 186 valence electrons. The van der Waals surface area contributed by atoms with Crippen molar-refractivity contribution in [3.05, 3.63) is 47.7 Å². The number of carbonyl (C=O) groups is 2. The van der Waals surface area contributed by atoms with Gasteiger partial charge in [-0.2, -0.15) is 19.6 Å². The van der Waals surface area contributed by atoms with Crippen LogP contribution in [-0.4, -0.2) is 81.7 Å². The molecule has 0 unspecified atom stereocenters. The van der Waals surface area contributed by atoms with Crippen molar-refractivity contribution in [1.82, 2.24) is 29.8 Å².